The van der Waals surface area contributed by atoms with E-state index in [9.17, 15) is 9.59 Å². The molecular formula is C30H27N5O3S. The van der Waals surface area contributed by atoms with E-state index in [-0.39, 0.29) is 17.7 Å². The van der Waals surface area contributed by atoms with Crippen molar-refractivity contribution in [3.63, 3.8) is 0 Å². The van der Waals surface area contributed by atoms with Crippen LogP contribution >= 0.6 is 11.3 Å². The van der Waals surface area contributed by atoms with Crippen molar-refractivity contribution >= 4 is 39.9 Å². The number of carbonyl (C=O) groups is 2. The van der Waals surface area contributed by atoms with Gasteiger partial charge in [0.25, 0.3) is 11.8 Å². The number of thiazole rings is 1. The average Bonchev–Trinajstić information content (AvgIpc) is 3.80. The second-order valence-electron chi connectivity index (χ2n) is 10.4. The van der Waals surface area contributed by atoms with Gasteiger partial charge in [-0.1, -0.05) is 42.5 Å². The molecule has 1 spiro atoms. The van der Waals surface area contributed by atoms with Gasteiger partial charge in [-0.05, 0) is 35.6 Å². The lowest BCUT2D eigenvalue weighted by molar-refractivity contribution is -0.131. The lowest BCUT2D eigenvalue weighted by atomic mass is 9.98. The van der Waals surface area contributed by atoms with Gasteiger partial charge in [0.1, 0.15) is 5.84 Å². The lowest BCUT2D eigenvalue weighted by Crippen LogP contribution is -2.45. The van der Waals surface area contributed by atoms with E-state index in [2.05, 4.69) is 46.4 Å². The number of aliphatic imine (C=N–C) groups is 1. The van der Waals surface area contributed by atoms with Crippen LogP contribution in [0.2, 0.25) is 0 Å². The highest BCUT2D eigenvalue weighted by Gasteiger charge is 2.51. The summed E-state index contributed by atoms with van der Waals surface area (Å²) < 4.78 is 5.64. The predicted octanol–water partition coefficient (Wildman–Crippen LogP) is 4.27. The van der Waals surface area contributed by atoms with Gasteiger partial charge in [-0.15, -0.1) is 11.3 Å². The zero-order chi connectivity index (χ0) is 26.4. The predicted molar refractivity (Wildman–Crippen MR) is 150 cm³/mol. The van der Waals surface area contributed by atoms with Crippen molar-refractivity contribution in [2.45, 2.75) is 18.4 Å². The third-order valence-corrected chi connectivity index (χ3v) is 8.69. The van der Waals surface area contributed by atoms with Crippen LogP contribution < -0.4 is 0 Å². The summed E-state index contributed by atoms with van der Waals surface area (Å²) in [4.78, 5) is 43.9. The van der Waals surface area contributed by atoms with E-state index in [0.717, 1.165) is 34.0 Å². The van der Waals surface area contributed by atoms with Gasteiger partial charge in [-0.3, -0.25) is 19.5 Å². The van der Waals surface area contributed by atoms with Gasteiger partial charge in [0.15, 0.2) is 10.5 Å². The molecule has 2 aromatic heterocycles. The Labute approximate surface area is 230 Å². The summed E-state index contributed by atoms with van der Waals surface area (Å²) in [6, 6.07) is 18.5. The number of amides is 2. The standard InChI is InChI=1S/C30H27N5O3S/c36-28(27-32-12-15-39-27)34-13-9-20(17-34)18-35-26(33-30(29(35)37)10-14-38-19-30)23-6-3-21(4-7-23)24-8-5-22-2-1-11-31-25(22)16-24/h1-8,11-12,15-16,20H,9-10,13-14,17-19H2. The maximum atomic E-state index is 13.8. The first-order chi connectivity index (χ1) is 19.1. The summed E-state index contributed by atoms with van der Waals surface area (Å²) in [5.74, 6) is 0.838. The number of nitrogens with zero attached hydrogens (tertiary/aromatic N) is 5. The maximum absolute atomic E-state index is 13.8. The first-order valence-corrected chi connectivity index (χ1v) is 14.1. The van der Waals surface area contributed by atoms with Crippen molar-refractivity contribution in [2.24, 2.45) is 10.9 Å². The van der Waals surface area contributed by atoms with Crippen molar-refractivity contribution < 1.29 is 14.3 Å². The minimum atomic E-state index is -0.840. The summed E-state index contributed by atoms with van der Waals surface area (Å²) in [7, 11) is 0. The van der Waals surface area contributed by atoms with Crippen LogP contribution in [0.4, 0.5) is 0 Å². The Morgan fingerprint density at radius 2 is 1.90 bits per heavy atom. The molecule has 2 saturated heterocycles. The number of aromatic nitrogens is 2. The smallest absolute Gasteiger partial charge is 0.282 e. The van der Waals surface area contributed by atoms with Gasteiger partial charge in [0.2, 0.25) is 0 Å². The molecule has 196 valence electrons. The van der Waals surface area contributed by atoms with Gasteiger partial charge < -0.3 is 9.64 Å². The van der Waals surface area contributed by atoms with Crippen LogP contribution in [0.25, 0.3) is 22.0 Å². The molecule has 0 radical (unpaired) electrons. The number of hydrogen-bond donors (Lipinski definition) is 0. The molecule has 7 rings (SSSR count). The molecule has 4 aromatic rings. The highest BCUT2D eigenvalue weighted by atomic mass is 32.1. The Kier molecular flexibility index (Phi) is 5.97. The van der Waals surface area contributed by atoms with Crippen molar-refractivity contribution in [3.05, 3.63) is 82.9 Å². The number of carbonyl (C=O) groups excluding carboxylic acids is 2. The van der Waals surface area contributed by atoms with E-state index in [1.807, 2.05) is 33.4 Å². The average molecular weight is 538 g/mol. The van der Waals surface area contributed by atoms with Crippen molar-refractivity contribution in [1.29, 1.82) is 0 Å². The fourth-order valence-electron chi connectivity index (χ4n) is 5.81. The molecule has 5 heterocycles. The molecule has 2 unspecified atom stereocenters. The second-order valence-corrected chi connectivity index (χ2v) is 11.3. The van der Waals surface area contributed by atoms with Gasteiger partial charge in [-0.2, -0.15) is 0 Å². The zero-order valence-corrected chi connectivity index (χ0v) is 22.1. The van der Waals surface area contributed by atoms with Crippen LogP contribution in [0.5, 0.6) is 0 Å². The molecule has 2 amide bonds. The fourth-order valence-corrected chi connectivity index (χ4v) is 6.41. The molecule has 2 aromatic carbocycles. The second kappa shape index (κ2) is 9.66. The van der Waals surface area contributed by atoms with Crippen LogP contribution in [0.15, 0.2) is 77.4 Å². The van der Waals surface area contributed by atoms with E-state index >= 15 is 0 Å². The van der Waals surface area contributed by atoms with Crippen LogP contribution in [0.3, 0.4) is 0 Å². The summed E-state index contributed by atoms with van der Waals surface area (Å²) in [5.41, 5.74) is 3.19. The highest BCUT2D eigenvalue weighted by molar-refractivity contribution is 7.11. The van der Waals surface area contributed by atoms with Gasteiger partial charge >= 0.3 is 0 Å². The quantitative estimate of drug-likeness (QED) is 0.380. The molecule has 0 bridgehead atoms. The maximum Gasteiger partial charge on any atom is 0.282 e. The molecule has 2 fully saturated rings. The van der Waals surface area contributed by atoms with E-state index < -0.39 is 5.54 Å². The Morgan fingerprint density at radius 3 is 2.69 bits per heavy atom. The number of amidine groups is 1. The molecule has 0 N–H and O–H groups in total. The number of fused-ring (bicyclic) bond motifs is 1. The van der Waals surface area contributed by atoms with Gasteiger partial charge in [0.05, 0.1) is 12.1 Å². The minimum Gasteiger partial charge on any atom is -0.378 e. The van der Waals surface area contributed by atoms with E-state index in [1.165, 1.54) is 11.3 Å². The topological polar surface area (TPSA) is 88.0 Å². The first kappa shape index (κ1) is 24.1. The molecule has 8 nitrogen and oxygen atoms in total. The third-order valence-electron chi connectivity index (χ3n) is 7.93. The number of likely N-dealkylation sites (tertiary alicyclic amines) is 1. The minimum absolute atomic E-state index is 0.00406. The Morgan fingerprint density at radius 1 is 1.05 bits per heavy atom. The zero-order valence-electron chi connectivity index (χ0n) is 21.3. The summed E-state index contributed by atoms with van der Waals surface area (Å²) in [6.07, 6.45) is 4.89. The molecule has 0 aliphatic carbocycles. The molecule has 3 aliphatic rings. The normalized spacial score (nSPS) is 22.8. The molecule has 0 saturated carbocycles. The van der Waals surface area contributed by atoms with Gasteiger partial charge in [-0.25, -0.2) is 9.98 Å². The number of rotatable bonds is 5. The summed E-state index contributed by atoms with van der Waals surface area (Å²) in [6.45, 7) is 2.65. The Balaban J connectivity index is 1.14. The first-order valence-electron chi connectivity index (χ1n) is 13.2. The molecular weight excluding hydrogens is 510 g/mol. The van der Waals surface area contributed by atoms with Gasteiger partial charge in [0, 0.05) is 61.4 Å². The van der Waals surface area contributed by atoms with Crippen molar-refractivity contribution in [2.75, 3.05) is 32.8 Å². The van der Waals surface area contributed by atoms with Crippen molar-refractivity contribution in [1.82, 2.24) is 19.8 Å². The van der Waals surface area contributed by atoms with E-state index in [0.29, 0.717) is 50.1 Å². The van der Waals surface area contributed by atoms with Crippen molar-refractivity contribution in [3.8, 4) is 11.1 Å². The number of hydrogen-bond acceptors (Lipinski definition) is 7. The number of ether oxygens (including phenoxy) is 1. The molecule has 39 heavy (non-hydrogen) atoms. The highest BCUT2D eigenvalue weighted by Crippen LogP contribution is 2.35. The Bertz CT molecular complexity index is 1580. The van der Waals surface area contributed by atoms with E-state index in [4.69, 9.17) is 9.73 Å². The monoisotopic (exact) mass is 537 g/mol. The third kappa shape index (κ3) is 4.31. The SMILES string of the molecule is O=C(c1nccs1)N1CCC(CN2C(=O)C3(CCOC3)N=C2c2ccc(-c3ccc4cccnc4c3)cc2)C1. The van der Waals surface area contributed by atoms with Crippen LogP contribution in [0.1, 0.15) is 28.2 Å². The molecule has 9 heteroatoms. The fraction of sp³-hybridized carbons (Fsp3) is 0.300. The lowest BCUT2D eigenvalue weighted by Gasteiger charge is -2.25. The van der Waals surface area contributed by atoms with Crippen LogP contribution in [-0.4, -0.2) is 75.8 Å². The molecule has 2 atom stereocenters. The summed E-state index contributed by atoms with van der Waals surface area (Å²) in [5, 5.41) is 3.44. The van der Waals surface area contributed by atoms with E-state index in [1.54, 1.807) is 12.4 Å². The molecule has 3 aliphatic heterocycles. The number of benzene rings is 2. The van der Waals surface area contributed by atoms with Crippen LogP contribution in [0, 0.1) is 5.92 Å². The Hall–Kier alpha value is -3.95. The number of pyridine rings is 1. The van der Waals surface area contributed by atoms with Crippen LogP contribution in [-0.2, 0) is 9.53 Å². The summed E-state index contributed by atoms with van der Waals surface area (Å²) >= 11 is 1.36. The largest absolute Gasteiger partial charge is 0.378 e.